The zero-order valence-corrected chi connectivity index (χ0v) is 22.3. The Balaban J connectivity index is 1.70. The zero-order chi connectivity index (χ0) is 24.8. The van der Waals surface area contributed by atoms with Crippen molar-refractivity contribution in [1.82, 2.24) is 0 Å². The predicted octanol–water partition coefficient (Wildman–Crippen LogP) is 9.12. The van der Waals surface area contributed by atoms with Gasteiger partial charge in [-0.25, -0.2) is 0 Å². The van der Waals surface area contributed by atoms with E-state index >= 15 is 0 Å². The molecule has 0 heterocycles. The molecule has 0 fully saturated rings. The molecule has 3 heteroatoms. The Kier molecular flexibility index (Phi) is 12.6. The molecule has 190 valence electrons. The van der Waals surface area contributed by atoms with Gasteiger partial charge in [-0.2, -0.15) is 0 Å². The number of carbonyl (C=O) groups excluding carboxylic acids is 2. The lowest BCUT2D eigenvalue weighted by Crippen LogP contribution is -2.27. The van der Waals surface area contributed by atoms with Crippen molar-refractivity contribution in [2.24, 2.45) is 5.41 Å². The molecular formula is C31H48O3. The van der Waals surface area contributed by atoms with Gasteiger partial charge in [0.25, 0.3) is 0 Å². The molecule has 1 aliphatic rings. The van der Waals surface area contributed by atoms with Crippen molar-refractivity contribution in [3.63, 3.8) is 0 Å². The van der Waals surface area contributed by atoms with Gasteiger partial charge >= 0.3 is 5.97 Å². The number of Topliss-reactive ketones (excluding diaryl/α,β-unsaturated/α-hetero) is 1. The molecule has 1 aromatic carbocycles. The topological polar surface area (TPSA) is 43.4 Å². The van der Waals surface area contributed by atoms with Crippen LogP contribution in [0, 0.1) is 12.3 Å². The second-order valence-electron chi connectivity index (χ2n) is 11.1. The number of hydrogen-bond donors (Lipinski definition) is 0. The third-order valence-electron chi connectivity index (χ3n) is 6.90. The van der Waals surface area contributed by atoms with Crippen LogP contribution >= 0.6 is 0 Å². The van der Waals surface area contributed by atoms with Gasteiger partial charge in [0.05, 0.1) is 5.57 Å². The van der Waals surface area contributed by atoms with Gasteiger partial charge in [0.1, 0.15) is 5.76 Å². The standard InChI is InChI=1S/C31H48O3/c1-5-6-7-8-9-10-11-12-13-14-15-16-17-18-29(33)34-28-24-31(3,4)23-27(32)30(28)26-21-19-25(2)20-22-26/h19-22H,5-18,23-24H2,1-4H3. The summed E-state index contributed by atoms with van der Waals surface area (Å²) in [5, 5.41) is 0. The SMILES string of the molecule is CCCCCCCCCCCCCCCC(=O)OC1=C(c2ccc(C)cc2)C(=O)CC(C)(C)C1. The van der Waals surface area contributed by atoms with Gasteiger partial charge in [0, 0.05) is 19.3 Å². The van der Waals surface area contributed by atoms with Gasteiger partial charge in [0.2, 0.25) is 0 Å². The van der Waals surface area contributed by atoms with Crippen LogP contribution in [0.2, 0.25) is 0 Å². The smallest absolute Gasteiger partial charge is 0.310 e. The number of ketones is 1. The predicted molar refractivity (Wildman–Crippen MR) is 143 cm³/mol. The van der Waals surface area contributed by atoms with E-state index < -0.39 is 0 Å². The van der Waals surface area contributed by atoms with Crippen molar-refractivity contribution in [3.05, 3.63) is 41.2 Å². The third kappa shape index (κ3) is 10.6. The molecule has 3 nitrogen and oxygen atoms in total. The summed E-state index contributed by atoms with van der Waals surface area (Å²) in [6.45, 7) is 8.43. The van der Waals surface area contributed by atoms with Crippen LogP contribution in [0.1, 0.15) is 135 Å². The normalized spacial score (nSPS) is 15.6. The summed E-state index contributed by atoms with van der Waals surface area (Å²) in [6.07, 6.45) is 18.2. The van der Waals surface area contributed by atoms with Crippen molar-refractivity contribution in [2.45, 2.75) is 130 Å². The van der Waals surface area contributed by atoms with Gasteiger partial charge < -0.3 is 4.74 Å². The number of unbranched alkanes of at least 4 members (excludes halogenated alkanes) is 12. The molecule has 0 atom stereocenters. The highest BCUT2D eigenvalue weighted by Crippen LogP contribution is 2.41. The monoisotopic (exact) mass is 468 g/mol. The number of allylic oxidation sites excluding steroid dienone is 2. The first kappa shape index (κ1) is 28.3. The van der Waals surface area contributed by atoms with Crippen molar-refractivity contribution in [1.29, 1.82) is 0 Å². The van der Waals surface area contributed by atoms with Gasteiger partial charge in [0.15, 0.2) is 5.78 Å². The van der Waals surface area contributed by atoms with E-state index in [9.17, 15) is 9.59 Å². The molecule has 1 aromatic rings. The largest absolute Gasteiger partial charge is 0.430 e. The molecule has 1 aliphatic carbocycles. The number of benzene rings is 1. The van der Waals surface area contributed by atoms with Crippen LogP contribution < -0.4 is 0 Å². The van der Waals surface area contributed by atoms with Crippen molar-refractivity contribution in [3.8, 4) is 0 Å². The lowest BCUT2D eigenvalue weighted by molar-refractivity contribution is -0.140. The van der Waals surface area contributed by atoms with E-state index in [1.54, 1.807) is 0 Å². The second kappa shape index (κ2) is 15.2. The summed E-state index contributed by atoms with van der Waals surface area (Å²) in [6, 6.07) is 7.92. The Morgan fingerprint density at radius 1 is 0.794 bits per heavy atom. The lowest BCUT2D eigenvalue weighted by atomic mass is 9.75. The minimum atomic E-state index is -0.201. The van der Waals surface area contributed by atoms with Crippen LogP contribution in [-0.2, 0) is 14.3 Å². The molecule has 0 saturated carbocycles. The molecule has 0 aromatic heterocycles. The van der Waals surface area contributed by atoms with E-state index in [-0.39, 0.29) is 17.2 Å². The Bertz CT molecular complexity index is 785. The first-order valence-electron chi connectivity index (χ1n) is 13.9. The first-order chi connectivity index (χ1) is 16.3. The molecule has 0 spiro atoms. The average Bonchev–Trinajstić information content (AvgIpc) is 2.77. The Morgan fingerprint density at radius 3 is 1.82 bits per heavy atom. The van der Waals surface area contributed by atoms with Gasteiger partial charge in [-0.3, -0.25) is 9.59 Å². The van der Waals surface area contributed by atoms with Crippen LogP contribution in [0.3, 0.4) is 0 Å². The van der Waals surface area contributed by atoms with Crippen LogP contribution in [-0.4, -0.2) is 11.8 Å². The van der Waals surface area contributed by atoms with Crippen molar-refractivity contribution < 1.29 is 14.3 Å². The summed E-state index contributed by atoms with van der Waals surface area (Å²) in [4.78, 5) is 25.5. The highest BCUT2D eigenvalue weighted by molar-refractivity contribution is 6.22. The van der Waals surface area contributed by atoms with Crippen LogP contribution in [0.25, 0.3) is 5.57 Å². The Hall–Kier alpha value is -1.90. The highest BCUT2D eigenvalue weighted by Gasteiger charge is 2.35. The third-order valence-corrected chi connectivity index (χ3v) is 6.90. The second-order valence-corrected chi connectivity index (χ2v) is 11.1. The Morgan fingerprint density at radius 2 is 1.29 bits per heavy atom. The fourth-order valence-corrected chi connectivity index (χ4v) is 4.87. The molecule has 0 amide bonds. The highest BCUT2D eigenvalue weighted by atomic mass is 16.5. The number of carbonyl (C=O) groups is 2. The fraction of sp³-hybridized carbons (Fsp3) is 0.677. The summed E-state index contributed by atoms with van der Waals surface area (Å²) in [7, 11) is 0. The molecule has 34 heavy (non-hydrogen) atoms. The Labute approximate surface area is 208 Å². The van der Waals surface area contributed by atoms with Gasteiger partial charge in [-0.1, -0.05) is 128 Å². The first-order valence-corrected chi connectivity index (χ1v) is 13.9. The molecule has 0 N–H and O–H groups in total. The molecule has 2 rings (SSSR count). The minimum absolute atomic E-state index is 0.0730. The van der Waals surface area contributed by atoms with E-state index in [0.29, 0.717) is 30.6 Å². The number of hydrogen-bond acceptors (Lipinski definition) is 3. The van der Waals surface area contributed by atoms with E-state index in [4.69, 9.17) is 4.74 Å². The van der Waals surface area contributed by atoms with Gasteiger partial charge in [-0.15, -0.1) is 0 Å². The van der Waals surface area contributed by atoms with Crippen LogP contribution in [0.4, 0.5) is 0 Å². The number of rotatable bonds is 16. The van der Waals surface area contributed by atoms with Crippen LogP contribution in [0.15, 0.2) is 30.0 Å². The van der Waals surface area contributed by atoms with E-state index in [1.165, 1.54) is 70.6 Å². The quantitative estimate of drug-likeness (QED) is 0.179. The molecule has 0 bridgehead atoms. The van der Waals surface area contributed by atoms with E-state index in [2.05, 4.69) is 20.8 Å². The van der Waals surface area contributed by atoms with E-state index in [0.717, 1.165) is 24.0 Å². The minimum Gasteiger partial charge on any atom is -0.430 e. The summed E-state index contributed by atoms with van der Waals surface area (Å²) in [5.74, 6) is 0.432. The van der Waals surface area contributed by atoms with Gasteiger partial charge in [-0.05, 0) is 24.3 Å². The zero-order valence-electron chi connectivity index (χ0n) is 22.3. The summed E-state index contributed by atoms with van der Waals surface area (Å²) in [5.41, 5.74) is 2.41. The number of aryl methyl sites for hydroxylation is 1. The maximum absolute atomic E-state index is 12.9. The summed E-state index contributed by atoms with van der Waals surface area (Å²) < 4.78 is 5.82. The maximum Gasteiger partial charge on any atom is 0.310 e. The number of esters is 1. The summed E-state index contributed by atoms with van der Waals surface area (Å²) >= 11 is 0. The molecule has 0 unspecified atom stereocenters. The lowest BCUT2D eigenvalue weighted by Gasteiger charge is -2.31. The number of ether oxygens (including phenoxy) is 1. The van der Waals surface area contributed by atoms with E-state index in [1.807, 2.05) is 31.2 Å². The molecule has 0 radical (unpaired) electrons. The van der Waals surface area contributed by atoms with Crippen LogP contribution in [0.5, 0.6) is 0 Å². The van der Waals surface area contributed by atoms with Crippen molar-refractivity contribution in [2.75, 3.05) is 0 Å². The molecular weight excluding hydrogens is 420 g/mol. The fourth-order valence-electron chi connectivity index (χ4n) is 4.87. The van der Waals surface area contributed by atoms with Crippen molar-refractivity contribution >= 4 is 17.3 Å². The molecule has 0 saturated heterocycles. The molecule has 0 aliphatic heterocycles. The average molecular weight is 469 g/mol. The maximum atomic E-state index is 12.9.